The van der Waals surface area contributed by atoms with Crippen molar-refractivity contribution in [2.24, 2.45) is 0 Å². The predicted molar refractivity (Wildman–Crippen MR) is 81.4 cm³/mol. The number of rotatable bonds is 3. The molecule has 102 valence electrons. The fourth-order valence-electron chi connectivity index (χ4n) is 2.37. The molecule has 1 saturated heterocycles. The number of anilines is 1. The summed E-state index contributed by atoms with van der Waals surface area (Å²) in [5.74, 6) is 0.746. The zero-order chi connectivity index (χ0) is 13.4. The number of hydrogen-bond donors (Lipinski definition) is 2. The molecular formula is C16H28N2. The summed E-state index contributed by atoms with van der Waals surface area (Å²) in [6.07, 6.45) is 2.54. The Labute approximate surface area is 112 Å². The lowest BCUT2D eigenvalue weighted by Gasteiger charge is -2.23. The van der Waals surface area contributed by atoms with Gasteiger partial charge in [-0.15, -0.1) is 0 Å². The van der Waals surface area contributed by atoms with Gasteiger partial charge in [0, 0.05) is 11.7 Å². The van der Waals surface area contributed by atoms with Crippen molar-refractivity contribution in [1.82, 2.24) is 5.32 Å². The zero-order valence-electron chi connectivity index (χ0n) is 12.3. The quantitative estimate of drug-likeness (QED) is 0.845. The average molecular weight is 248 g/mol. The molecule has 0 unspecified atom stereocenters. The second-order valence-corrected chi connectivity index (χ2v) is 4.95. The van der Waals surface area contributed by atoms with Crippen LogP contribution in [0, 0.1) is 0 Å². The maximum Gasteiger partial charge on any atom is 0.0344 e. The molecule has 0 radical (unpaired) electrons. The Morgan fingerprint density at radius 2 is 1.83 bits per heavy atom. The summed E-state index contributed by atoms with van der Waals surface area (Å²) in [7, 11) is 0. The van der Waals surface area contributed by atoms with E-state index in [0.29, 0.717) is 6.04 Å². The molecule has 0 aromatic heterocycles. The highest BCUT2D eigenvalue weighted by Crippen LogP contribution is 2.27. The van der Waals surface area contributed by atoms with E-state index in [2.05, 4.69) is 48.7 Å². The van der Waals surface area contributed by atoms with Crippen LogP contribution in [0.4, 0.5) is 5.69 Å². The van der Waals surface area contributed by atoms with E-state index < -0.39 is 0 Å². The highest BCUT2D eigenvalue weighted by atomic mass is 14.9. The van der Waals surface area contributed by atoms with Crippen molar-refractivity contribution in [3.8, 4) is 0 Å². The van der Waals surface area contributed by atoms with E-state index in [9.17, 15) is 0 Å². The highest BCUT2D eigenvalue weighted by molar-refractivity contribution is 5.47. The second kappa shape index (κ2) is 8.15. The molecule has 0 spiro atoms. The predicted octanol–water partition coefficient (Wildman–Crippen LogP) is 4.00. The summed E-state index contributed by atoms with van der Waals surface area (Å²) < 4.78 is 0. The van der Waals surface area contributed by atoms with Gasteiger partial charge in [0.05, 0.1) is 0 Å². The molecule has 2 N–H and O–H groups in total. The van der Waals surface area contributed by atoms with Crippen LogP contribution in [0.1, 0.15) is 52.0 Å². The molecule has 1 aromatic rings. The molecule has 2 rings (SSSR count). The van der Waals surface area contributed by atoms with Crippen LogP contribution in [0.3, 0.4) is 0 Å². The second-order valence-electron chi connectivity index (χ2n) is 4.95. The molecule has 1 aliphatic heterocycles. The van der Waals surface area contributed by atoms with Gasteiger partial charge in [-0.05, 0) is 63.4 Å². The molecule has 0 atom stereocenters. The highest BCUT2D eigenvalue weighted by Gasteiger charge is 2.15. The van der Waals surface area contributed by atoms with E-state index in [1.807, 2.05) is 13.8 Å². The first-order chi connectivity index (χ1) is 8.75. The Kier molecular flexibility index (Phi) is 6.81. The van der Waals surface area contributed by atoms with Crippen LogP contribution >= 0.6 is 0 Å². The number of piperidine rings is 1. The lowest BCUT2D eigenvalue weighted by atomic mass is 9.90. The minimum absolute atomic E-state index is 0.503. The molecule has 0 bridgehead atoms. The van der Waals surface area contributed by atoms with E-state index in [4.69, 9.17) is 0 Å². The molecule has 2 nitrogen and oxygen atoms in total. The van der Waals surface area contributed by atoms with Crippen LogP contribution in [0.5, 0.6) is 0 Å². The third-order valence-electron chi connectivity index (χ3n) is 3.15. The SMILES string of the molecule is CC.CC(C)Nc1cccc(C2CCNCC2)c1. The molecule has 1 aromatic carbocycles. The Hall–Kier alpha value is -1.02. The van der Waals surface area contributed by atoms with E-state index in [1.54, 1.807) is 0 Å². The number of benzene rings is 1. The van der Waals surface area contributed by atoms with Gasteiger partial charge in [-0.25, -0.2) is 0 Å². The van der Waals surface area contributed by atoms with Gasteiger partial charge in [-0.2, -0.15) is 0 Å². The first-order valence-corrected chi connectivity index (χ1v) is 7.33. The monoisotopic (exact) mass is 248 g/mol. The normalized spacial score (nSPS) is 16.1. The molecule has 2 heteroatoms. The van der Waals surface area contributed by atoms with Gasteiger partial charge in [0.25, 0.3) is 0 Å². The number of hydrogen-bond acceptors (Lipinski definition) is 2. The zero-order valence-corrected chi connectivity index (χ0v) is 12.3. The first kappa shape index (κ1) is 15.0. The van der Waals surface area contributed by atoms with Crippen molar-refractivity contribution in [3.63, 3.8) is 0 Å². The first-order valence-electron chi connectivity index (χ1n) is 7.33. The van der Waals surface area contributed by atoms with Crippen molar-refractivity contribution in [2.75, 3.05) is 18.4 Å². The van der Waals surface area contributed by atoms with E-state index in [0.717, 1.165) is 19.0 Å². The standard InChI is InChI=1S/C14H22N2.C2H6/c1-11(2)16-14-5-3-4-13(10-14)12-6-8-15-9-7-12;1-2/h3-5,10-12,15-16H,6-9H2,1-2H3;1-2H3. The summed E-state index contributed by atoms with van der Waals surface area (Å²) in [6, 6.07) is 9.41. The lowest BCUT2D eigenvalue weighted by molar-refractivity contribution is 0.460. The Morgan fingerprint density at radius 1 is 1.17 bits per heavy atom. The van der Waals surface area contributed by atoms with Crippen molar-refractivity contribution in [1.29, 1.82) is 0 Å². The van der Waals surface area contributed by atoms with Crippen molar-refractivity contribution >= 4 is 5.69 Å². The van der Waals surface area contributed by atoms with Gasteiger partial charge in [-0.1, -0.05) is 26.0 Å². The summed E-state index contributed by atoms with van der Waals surface area (Å²) in [5, 5.41) is 6.88. The maximum absolute atomic E-state index is 3.47. The molecule has 0 aliphatic carbocycles. The topological polar surface area (TPSA) is 24.1 Å². The molecule has 1 aliphatic rings. The molecule has 1 heterocycles. The Morgan fingerprint density at radius 3 is 2.44 bits per heavy atom. The summed E-state index contributed by atoms with van der Waals surface area (Å²) >= 11 is 0. The maximum atomic E-state index is 3.47. The van der Waals surface area contributed by atoms with Crippen LogP contribution in [-0.4, -0.2) is 19.1 Å². The fourth-order valence-corrected chi connectivity index (χ4v) is 2.37. The summed E-state index contributed by atoms with van der Waals surface area (Å²) in [5.41, 5.74) is 2.75. The van der Waals surface area contributed by atoms with E-state index in [1.165, 1.54) is 24.1 Å². The summed E-state index contributed by atoms with van der Waals surface area (Å²) in [4.78, 5) is 0. The van der Waals surface area contributed by atoms with Crippen LogP contribution in [-0.2, 0) is 0 Å². The third kappa shape index (κ3) is 4.69. The van der Waals surface area contributed by atoms with Crippen LogP contribution in [0.15, 0.2) is 24.3 Å². The van der Waals surface area contributed by atoms with Crippen LogP contribution in [0.25, 0.3) is 0 Å². The van der Waals surface area contributed by atoms with Gasteiger partial charge < -0.3 is 10.6 Å². The molecule has 18 heavy (non-hydrogen) atoms. The van der Waals surface area contributed by atoms with Crippen LogP contribution in [0.2, 0.25) is 0 Å². The lowest BCUT2D eigenvalue weighted by Crippen LogP contribution is -2.26. The van der Waals surface area contributed by atoms with Crippen LogP contribution < -0.4 is 10.6 Å². The molecular weight excluding hydrogens is 220 g/mol. The smallest absolute Gasteiger partial charge is 0.0344 e. The number of nitrogens with one attached hydrogen (secondary N) is 2. The third-order valence-corrected chi connectivity index (χ3v) is 3.15. The minimum atomic E-state index is 0.503. The van der Waals surface area contributed by atoms with Gasteiger partial charge in [0.15, 0.2) is 0 Å². The fraction of sp³-hybridized carbons (Fsp3) is 0.625. The van der Waals surface area contributed by atoms with Crippen molar-refractivity contribution in [2.45, 2.75) is 52.5 Å². The van der Waals surface area contributed by atoms with Crippen molar-refractivity contribution < 1.29 is 0 Å². The molecule has 0 saturated carbocycles. The van der Waals surface area contributed by atoms with E-state index in [-0.39, 0.29) is 0 Å². The van der Waals surface area contributed by atoms with Crippen molar-refractivity contribution in [3.05, 3.63) is 29.8 Å². The summed E-state index contributed by atoms with van der Waals surface area (Å²) in [6.45, 7) is 10.7. The van der Waals surface area contributed by atoms with Gasteiger partial charge in [-0.3, -0.25) is 0 Å². The minimum Gasteiger partial charge on any atom is -0.383 e. The Balaban J connectivity index is 0.000000771. The average Bonchev–Trinajstić information content (AvgIpc) is 2.42. The largest absolute Gasteiger partial charge is 0.383 e. The van der Waals surface area contributed by atoms with Gasteiger partial charge in [0.2, 0.25) is 0 Å². The molecule has 1 fully saturated rings. The van der Waals surface area contributed by atoms with Gasteiger partial charge in [0.1, 0.15) is 0 Å². The Bertz CT molecular complexity index is 328. The molecule has 0 amide bonds. The van der Waals surface area contributed by atoms with E-state index >= 15 is 0 Å². The van der Waals surface area contributed by atoms with Gasteiger partial charge >= 0.3 is 0 Å².